The number of rotatable bonds is 3. The van der Waals surface area contributed by atoms with Crippen molar-refractivity contribution in [3.8, 4) is 0 Å². The second-order valence-corrected chi connectivity index (χ2v) is 4.68. The van der Waals surface area contributed by atoms with E-state index in [2.05, 4.69) is 26.7 Å². The number of para-hydroxylation sites is 2. The lowest BCUT2D eigenvalue weighted by Gasteiger charge is -2.22. The van der Waals surface area contributed by atoms with E-state index in [9.17, 15) is 0 Å². The lowest BCUT2D eigenvalue weighted by Crippen LogP contribution is -2.31. The van der Waals surface area contributed by atoms with Gasteiger partial charge in [-0.1, -0.05) is 26.0 Å². The second-order valence-electron chi connectivity index (χ2n) is 4.68. The molecule has 1 aromatic heterocycles. The Morgan fingerprint density at radius 2 is 1.95 bits per heavy atom. The van der Waals surface area contributed by atoms with Gasteiger partial charge in [-0.2, -0.15) is 0 Å². The molecule has 3 rings (SSSR count). The minimum absolute atomic E-state index is 0.768. The third-order valence-corrected chi connectivity index (χ3v) is 3.41. The zero-order chi connectivity index (χ0) is 13.5. The molecule has 0 spiro atoms. The Morgan fingerprint density at radius 1 is 1.21 bits per heavy atom. The van der Waals surface area contributed by atoms with E-state index in [1.54, 1.807) is 0 Å². The van der Waals surface area contributed by atoms with Crippen LogP contribution in [-0.4, -0.2) is 29.6 Å². The van der Waals surface area contributed by atoms with E-state index in [0.717, 1.165) is 42.5 Å². The van der Waals surface area contributed by atoms with Crippen LogP contribution in [0.3, 0.4) is 0 Å². The van der Waals surface area contributed by atoms with E-state index < -0.39 is 0 Å². The first-order valence-corrected chi connectivity index (χ1v) is 7.31. The number of nitrogens with zero attached hydrogens (tertiary/aromatic N) is 1. The fourth-order valence-electron chi connectivity index (χ4n) is 2.36. The van der Waals surface area contributed by atoms with E-state index in [1.807, 2.05) is 32.0 Å². The Bertz CT molecular complexity index is 453. The summed E-state index contributed by atoms with van der Waals surface area (Å²) in [5, 5.41) is 6.79. The molecule has 0 saturated carbocycles. The first-order chi connectivity index (χ1) is 9.42. The predicted molar refractivity (Wildman–Crippen MR) is 81.5 cm³/mol. The van der Waals surface area contributed by atoms with Crippen LogP contribution >= 0.6 is 0 Å². The van der Waals surface area contributed by atoms with Gasteiger partial charge in [0.05, 0.1) is 11.0 Å². The van der Waals surface area contributed by atoms with Crippen molar-refractivity contribution in [3.63, 3.8) is 0 Å². The van der Waals surface area contributed by atoms with Gasteiger partial charge in [0.25, 0.3) is 0 Å². The van der Waals surface area contributed by atoms with Gasteiger partial charge in [0.15, 0.2) is 0 Å². The summed E-state index contributed by atoms with van der Waals surface area (Å²) in [5.41, 5.74) is 2.13. The van der Waals surface area contributed by atoms with E-state index in [4.69, 9.17) is 0 Å². The lowest BCUT2D eigenvalue weighted by molar-refractivity contribution is 0.389. The third-order valence-electron chi connectivity index (χ3n) is 3.41. The molecule has 19 heavy (non-hydrogen) atoms. The Kier molecular flexibility index (Phi) is 5.21. The van der Waals surface area contributed by atoms with Crippen LogP contribution in [0, 0.1) is 5.92 Å². The van der Waals surface area contributed by atoms with E-state index in [0.29, 0.717) is 0 Å². The molecule has 0 bridgehead atoms. The fraction of sp³-hybridized carbons (Fsp3) is 0.533. The number of hydrogen-bond donors (Lipinski definition) is 3. The van der Waals surface area contributed by atoms with E-state index >= 15 is 0 Å². The van der Waals surface area contributed by atoms with Crippen LogP contribution in [-0.2, 0) is 0 Å². The van der Waals surface area contributed by atoms with Gasteiger partial charge in [0.1, 0.15) is 0 Å². The van der Waals surface area contributed by atoms with E-state index in [1.165, 1.54) is 12.8 Å². The van der Waals surface area contributed by atoms with Gasteiger partial charge in [0, 0.05) is 6.54 Å². The Balaban J connectivity index is 0.000000637. The number of hydrogen-bond acceptors (Lipinski definition) is 3. The minimum atomic E-state index is 0.768. The molecule has 0 aliphatic carbocycles. The average molecular weight is 260 g/mol. The zero-order valence-electron chi connectivity index (χ0n) is 11.9. The lowest BCUT2D eigenvalue weighted by atomic mass is 9.98. The van der Waals surface area contributed by atoms with Crippen LogP contribution < -0.4 is 10.6 Å². The van der Waals surface area contributed by atoms with Crippen molar-refractivity contribution in [2.24, 2.45) is 5.92 Å². The number of benzene rings is 1. The number of imidazole rings is 1. The zero-order valence-corrected chi connectivity index (χ0v) is 11.9. The van der Waals surface area contributed by atoms with Crippen LogP contribution in [0.5, 0.6) is 0 Å². The quantitative estimate of drug-likeness (QED) is 0.795. The highest BCUT2D eigenvalue weighted by molar-refractivity contribution is 5.77. The topological polar surface area (TPSA) is 52.7 Å². The van der Waals surface area contributed by atoms with Crippen LogP contribution in [0.1, 0.15) is 26.7 Å². The van der Waals surface area contributed by atoms with Gasteiger partial charge >= 0.3 is 0 Å². The SMILES string of the molecule is CC.c1ccc2[nH]c(NCC3CCNCC3)nc2c1. The maximum absolute atomic E-state index is 4.51. The molecule has 1 aliphatic rings. The minimum Gasteiger partial charge on any atom is -0.356 e. The van der Waals surface area contributed by atoms with Crippen LogP contribution in [0.4, 0.5) is 5.95 Å². The molecule has 1 saturated heterocycles. The summed E-state index contributed by atoms with van der Waals surface area (Å²) >= 11 is 0. The first kappa shape index (κ1) is 13.9. The number of anilines is 1. The number of nitrogens with one attached hydrogen (secondary N) is 3. The molecule has 1 fully saturated rings. The van der Waals surface area contributed by atoms with Crippen molar-refractivity contribution in [2.45, 2.75) is 26.7 Å². The summed E-state index contributed by atoms with van der Waals surface area (Å²) in [5.74, 6) is 1.66. The summed E-state index contributed by atoms with van der Waals surface area (Å²) in [7, 11) is 0. The molecular weight excluding hydrogens is 236 g/mol. The van der Waals surface area contributed by atoms with Crippen LogP contribution in [0.2, 0.25) is 0 Å². The molecule has 4 heteroatoms. The Morgan fingerprint density at radius 3 is 2.68 bits per heavy atom. The van der Waals surface area contributed by atoms with Gasteiger partial charge in [-0.3, -0.25) is 0 Å². The average Bonchev–Trinajstić information content (AvgIpc) is 2.91. The summed E-state index contributed by atoms with van der Waals surface area (Å²) in [6, 6.07) is 8.12. The number of piperidine rings is 1. The van der Waals surface area contributed by atoms with E-state index in [-0.39, 0.29) is 0 Å². The molecule has 1 aromatic carbocycles. The largest absolute Gasteiger partial charge is 0.356 e. The smallest absolute Gasteiger partial charge is 0.201 e. The van der Waals surface area contributed by atoms with Crippen molar-refractivity contribution >= 4 is 17.0 Å². The summed E-state index contributed by atoms with van der Waals surface area (Å²) in [6.45, 7) is 7.31. The number of aromatic nitrogens is 2. The molecular formula is C15H24N4. The molecule has 0 unspecified atom stereocenters. The summed E-state index contributed by atoms with van der Waals surface area (Å²) in [4.78, 5) is 7.81. The maximum atomic E-state index is 4.51. The van der Waals surface area contributed by atoms with Crippen molar-refractivity contribution in [3.05, 3.63) is 24.3 Å². The van der Waals surface area contributed by atoms with Gasteiger partial charge in [-0.15, -0.1) is 0 Å². The molecule has 4 nitrogen and oxygen atoms in total. The normalized spacial score (nSPS) is 15.9. The fourth-order valence-corrected chi connectivity index (χ4v) is 2.36. The van der Waals surface area contributed by atoms with Crippen molar-refractivity contribution < 1.29 is 0 Å². The van der Waals surface area contributed by atoms with Crippen LogP contribution in [0.25, 0.3) is 11.0 Å². The van der Waals surface area contributed by atoms with Crippen molar-refractivity contribution in [1.82, 2.24) is 15.3 Å². The molecule has 0 radical (unpaired) electrons. The monoisotopic (exact) mass is 260 g/mol. The van der Waals surface area contributed by atoms with Crippen molar-refractivity contribution in [1.29, 1.82) is 0 Å². The highest BCUT2D eigenvalue weighted by Crippen LogP contribution is 2.15. The molecule has 0 amide bonds. The Hall–Kier alpha value is -1.55. The van der Waals surface area contributed by atoms with Gasteiger partial charge < -0.3 is 15.6 Å². The van der Waals surface area contributed by atoms with Gasteiger partial charge in [-0.25, -0.2) is 4.98 Å². The van der Waals surface area contributed by atoms with Crippen LogP contribution in [0.15, 0.2) is 24.3 Å². The highest BCUT2D eigenvalue weighted by atomic mass is 15.1. The summed E-state index contributed by atoms with van der Waals surface area (Å²) < 4.78 is 0. The second kappa shape index (κ2) is 7.14. The van der Waals surface area contributed by atoms with Gasteiger partial charge in [-0.05, 0) is 44.0 Å². The Labute approximate surface area is 115 Å². The third kappa shape index (κ3) is 3.70. The standard InChI is InChI=1S/C13H18N4.C2H6/c1-2-4-12-11(3-1)16-13(17-12)15-9-10-5-7-14-8-6-10;1-2/h1-4,10,14H,5-9H2,(H2,15,16,17);1-2H3. The number of aromatic amines is 1. The molecule has 2 aromatic rings. The number of fused-ring (bicyclic) bond motifs is 1. The molecule has 3 N–H and O–H groups in total. The molecule has 2 heterocycles. The van der Waals surface area contributed by atoms with Crippen molar-refractivity contribution in [2.75, 3.05) is 25.0 Å². The van der Waals surface area contributed by atoms with Gasteiger partial charge in [0.2, 0.25) is 5.95 Å². The predicted octanol–water partition coefficient (Wildman–Crippen LogP) is 3.00. The maximum Gasteiger partial charge on any atom is 0.201 e. The molecule has 0 atom stereocenters. The highest BCUT2D eigenvalue weighted by Gasteiger charge is 2.13. The first-order valence-electron chi connectivity index (χ1n) is 7.31. The summed E-state index contributed by atoms with van der Waals surface area (Å²) in [6.07, 6.45) is 2.51. The molecule has 104 valence electrons. The number of H-pyrrole nitrogens is 1. The molecule has 1 aliphatic heterocycles.